The third-order valence-corrected chi connectivity index (χ3v) is 0.769. The largest absolute Gasteiger partial charge is 0.444 e. The molecule has 0 aromatic carbocycles. The van der Waals surface area contributed by atoms with Crippen LogP contribution < -0.4 is 5.32 Å². The zero-order valence-corrected chi connectivity index (χ0v) is 5.55. The fraction of sp³-hybridized carbons (Fsp3) is 0.800. The quantitative estimate of drug-likeness (QED) is 0.544. The van der Waals surface area contributed by atoms with Crippen LogP contribution in [0.15, 0.2) is 0 Å². The van der Waals surface area contributed by atoms with Gasteiger partial charge in [-0.05, 0) is 6.92 Å². The van der Waals surface area contributed by atoms with E-state index in [9.17, 15) is 4.79 Å². The van der Waals surface area contributed by atoms with Crippen molar-refractivity contribution in [1.82, 2.24) is 5.32 Å². The molecule has 1 atom stereocenters. The maximum absolute atomic E-state index is 10.3. The summed E-state index contributed by atoms with van der Waals surface area (Å²) >= 11 is 0. The lowest BCUT2D eigenvalue weighted by molar-refractivity contribution is 0.0694. The molecule has 0 radical (unpaired) electrons. The normalized spacial score (nSPS) is 12.3. The van der Waals surface area contributed by atoms with Crippen LogP contribution in [0.3, 0.4) is 0 Å². The zero-order chi connectivity index (χ0) is 7.28. The first kappa shape index (κ1) is 8.23. The van der Waals surface area contributed by atoms with E-state index in [0.717, 1.165) is 0 Å². The van der Waals surface area contributed by atoms with Gasteiger partial charge in [-0.15, -0.1) is 0 Å². The van der Waals surface area contributed by atoms with Gasteiger partial charge in [0, 0.05) is 7.05 Å². The molecule has 4 nitrogen and oxygen atoms in total. The number of aliphatic hydroxyl groups excluding tert-OH is 1. The second-order valence-electron chi connectivity index (χ2n) is 1.65. The molecule has 0 aromatic rings. The average Bonchev–Trinajstić information content (AvgIpc) is 1.87. The van der Waals surface area contributed by atoms with E-state index in [1.165, 1.54) is 7.05 Å². The van der Waals surface area contributed by atoms with Crippen molar-refractivity contribution in [2.75, 3.05) is 13.7 Å². The van der Waals surface area contributed by atoms with E-state index in [0.29, 0.717) is 0 Å². The second kappa shape index (κ2) is 4.14. The summed E-state index contributed by atoms with van der Waals surface area (Å²) in [6.07, 6.45) is -0.943. The van der Waals surface area contributed by atoms with Crippen molar-refractivity contribution in [2.45, 2.75) is 13.0 Å². The highest BCUT2D eigenvalue weighted by Crippen LogP contribution is 1.87. The number of aliphatic hydroxyl groups is 1. The van der Waals surface area contributed by atoms with E-state index in [-0.39, 0.29) is 6.61 Å². The molecule has 0 heterocycles. The van der Waals surface area contributed by atoms with Crippen LogP contribution in [0, 0.1) is 0 Å². The van der Waals surface area contributed by atoms with Crippen LogP contribution in [0.1, 0.15) is 6.92 Å². The van der Waals surface area contributed by atoms with Gasteiger partial charge in [-0.1, -0.05) is 0 Å². The van der Waals surface area contributed by atoms with Crippen molar-refractivity contribution >= 4 is 6.09 Å². The number of amides is 1. The minimum absolute atomic E-state index is 0.145. The molecule has 4 heteroatoms. The molecule has 0 fully saturated rings. The van der Waals surface area contributed by atoms with Gasteiger partial charge in [0.25, 0.3) is 0 Å². The minimum atomic E-state index is -0.517. The van der Waals surface area contributed by atoms with E-state index in [1.807, 2.05) is 0 Å². The lowest BCUT2D eigenvalue weighted by Gasteiger charge is -2.08. The molecule has 0 unspecified atom stereocenters. The Morgan fingerprint density at radius 1 is 1.89 bits per heavy atom. The Morgan fingerprint density at radius 2 is 2.44 bits per heavy atom. The summed E-state index contributed by atoms with van der Waals surface area (Å²) in [6, 6.07) is 0. The summed E-state index contributed by atoms with van der Waals surface area (Å²) in [7, 11) is 1.46. The molecule has 1 amide bonds. The number of nitrogens with one attached hydrogen (secondary N) is 1. The van der Waals surface area contributed by atoms with Crippen molar-refractivity contribution in [2.24, 2.45) is 0 Å². The third-order valence-electron chi connectivity index (χ3n) is 0.769. The minimum Gasteiger partial charge on any atom is -0.444 e. The van der Waals surface area contributed by atoms with Gasteiger partial charge < -0.3 is 15.2 Å². The first-order valence-corrected chi connectivity index (χ1v) is 2.70. The Hall–Kier alpha value is -0.770. The van der Waals surface area contributed by atoms with Crippen molar-refractivity contribution in [3.8, 4) is 0 Å². The number of hydrogen-bond acceptors (Lipinski definition) is 3. The number of alkyl carbamates (subject to hydrolysis) is 1. The Balaban J connectivity index is 3.34. The van der Waals surface area contributed by atoms with Crippen molar-refractivity contribution in [1.29, 1.82) is 0 Å². The van der Waals surface area contributed by atoms with Crippen molar-refractivity contribution in [3.63, 3.8) is 0 Å². The van der Waals surface area contributed by atoms with Gasteiger partial charge in [0.05, 0.1) is 6.61 Å². The highest BCUT2D eigenvalue weighted by molar-refractivity contribution is 5.66. The van der Waals surface area contributed by atoms with Gasteiger partial charge in [-0.3, -0.25) is 0 Å². The summed E-state index contributed by atoms with van der Waals surface area (Å²) in [5.74, 6) is 0. The van der Waals surface area contributed by atoms with Crippen molar-refractivity contribution < 1.29 is 14.6 Å². The molecule has 0 aliphatic carbocycles. The Labute approximate surface area is 53.8 Å². The van der Waals surface area contributed by atoms with Crippen LogP contribution in [-0.4, -0.2) is 31.0 Å². The van der Waals surface area contributed by atoms with Gasteiger partial charge in [-0.25, -0.2) is 4.79 Å². The number of carbonyl (C=O) groups is 1. The molecule has 9 heavy (non-hydrogen) atoms. The molecule has 0 aliphatic rings. The fourth-order valence-corrected chi connectivity index (χ4v) is 0.279. The average molecular weight is 133 g/mol. The summed E-state index contributed by atoms with van der Waals surface area (Å²) in [5, 5.41) is 10.6. The molecule has 0 rings (SSSR count). The van der Waals surface area contributed by atoms with Gasteiger partial charge in [0.2, 0.25) is 0 Å². The van der Waals surface area contributed by atoms with Gasteiger partial charge in [0.1, 0.15) is 6.10 Å². The Kier molecular flexibility index (Phi) is 3.79. The lowest BCUT2D eigenvalue weighted by atomic mass is 10.4. The van der Waals surface area contributed by atoms with Crippen LogP contribution in [0.4, 0.5) is 4.79 Å². The first-order valence-electron chi connectivity index (χ1n) is 2.70. The summed E-state index contributed by atoms with van der Waals surface area (Å²) < 4.78 is 4.55. The Morgan fingerprint density at radius 3 is 2.78 bits per heavy atom. The molecule has 0 aliphatic heterocycles. The summed E-state index contributed by atoms with van der Waals surface area (Å²) in [6.45, 7) is 1.46. The van der Waals surface area contributed by atoms with E-state index in [1.54, 1.807) is 6.92 Å². The maximum atomic E-state index is 10.3. The maximum Gasteiger partial charge on any atom is 0.407 e. The molecule has 0 saturated heterocycles. The second-order valence-corrected chi connectivity index (χ2v) is 1.65. The van der Waals surface area contributed by atoms with Crippen LogP contribution >= 0.6 is 0 Å². The molecule has 54 valence electrons. The number of rotatable bonds is 2. The summed E-state index contributed by atoms with van der Waals surface area (Å²) in [5.41, 5.74) is 0. The molecule has 0 aromatic heterocycles. The van der Waals surface area contributed by atoms with Crippen LogP contribution in [0.2, 0.25) is 0 Å². The first-order chi connectivity index (χ1) is 4.20. The number of carbonyl (C=O) groups excluding carboxylic acids is 1. The number of ether oxygens (including phenoxy) is 1. The molecule has 2 N–H and O–H groups in total. The predicted molar refractivity (Wildman–Crippen MR) is 32.1 cm³/mol. The standard InChI is InChI=1S/C5H11NO3/c1-4(3-7)9-5(8)6-2/h4,7H,3H2,1-2H3,(H,6,8)/t4-/m0/s1. The van der Waals surface area contributed by atoms with E-state index < -0.39 is 12.2 Å². The van der Waals surface area contributed by atoms with Crippen LogP contribution in [0.5, 0.6) is 0 Å². The van der Waals surface area contributed by atoms with E-state index >= 15 is 0 Å². The summed E-state index contributed by atoms with van der Waals surface area (Å²) in [4.78, 5) is 10.3. The lowest BCUT2D eigenvalue weighted by Crippen LogP contribution is -2.26. The van der Waals surface area contributed by atoms with Crippen LogP contribution in [0.25, 0.3) is 0 Å². The SMILES string of the molecule is CNC(=O)O[C@@H](C)CO. The topological polar surface area (TPSA) is 58.6 Å². The van der Waals surface area contributed by atoms with E-state index in [4.69, 9.17) is 5.11 Å². The fourth-order valence-electron chi connectivity index (χ4n) is 0.279. The van der Waals surface area contributed by atoms with Gasteiger partial charge in [-0.2, -0.15) is 0 Å². The van der Waals surface area contributed by atoms with Crippen molar-refractivity contribution in [3.05, 3.63) is 0 Å². The van der Waals surface area contributed by atoms with Gasteiger partial charge in [0.15, 0.2) is 0 Å². The highest BCUT2D eigenvalue weighted by Gasteiger charge is 2.03. The monoisotopic (exact) mass is 133 g/mol. The smallest absolute Gasteiger partial charge is 0.407 e. The third kappa shape index (κ3) is 3.78. The Bertz CT molecular complexity index is 94.2. The molecule has 0 bridgehead atoms. The zero-order valence-electron chi connectivity index (χ0n) is 5.55. The molecular weight excluding hydrogens is 122 g/mol. The molecular formula is C5H11NO3. The van der Waals surface area contributed by atoms with E-state index in [2.05, 4.69) is 10.1 Å². The molecule has 0 spiro atoms. The highest BCUT2D eigenvalue weighted by atomic mass is 16.6. The van der Waals surface area contributed by atoms with Crippen LogP contribution in [-0.2, 0) is 4.74 Å². The molecule has 0 saturated carbocycles. The number of hydrogen-bond donors (Lipinski definition) is 2. The predicted octanol–water partition coefficient (Wildman–Crippen LogP) is -0.277. The van der Waals surface area contributed by atoms with Gasteiger partial charge >= 0.3 is 6.09 Å².